The lowest BCUT2D eigenvalue weighted by atomic mass is 10.0. The van der Waals surface area contributed by atoms with Gasteiger partial charge in [-0.3, -0.25) is 14.9 Å². The Hall–Kier alpha value is -3.35. The SMILES string of the molecule is COc1ccc(C2CCCN2C(=O)/C=C/c2ccc([N+](=O)[O-])cc2)cc1OC. The van der Waals surface area contributed by atoms with Crippen molar-refractivity contribution in [3.63, 3.8) is 0 Å². The van der Waals surface area contributed by atoms with Gasteiger partial charge in [0, 0.05) is 24.8 Å². The van der Waals surface area contributed by atoms with E-state index >= 15 is 0 Å². The van der Waals surface area contributed by atoms with Crippen LogP contribution in [0.4, 0.5) is 5.69 Å². The molecule has 1 heterocycles. The fraction of sp³-hybridized carbons (Fsp3) is 0.286. The Morgan fingerprint density at radius 3 is 2.50 bits per heavy atom. The van der Waals surface area contributed by atoms with E-state index in [1.165, 1.54) is 18.2 Å². The van der Waals surface area contributed by atoms with Crippen LogP contribution in [-0.4, -0.2) is 36.5 Å². The van der Waals surface area contributed by atoms with E-state index in [9.17, 15) is 14.9 Å². The number of likely N-dealkylation sites (tertiary alicyclic amines) is 1. The number of non-ortho nitro benzene ring substituents is 1. The highest BCUT2D eigenvalue weighted by Crippen LogP contribution is 2.37. The van der Waals surface area contributed by atoms with Crippen molar-refractivity contribution in [2.45, 2.75) is 18.9 Å². The fourth-order valence-corrected chi connectivity index (χ4v) is 3.41. The summed E-state index contributed by atoms with van der Waals surface area (Å²) in [5, 5.41) is 10.7. The summed E-state index contributed by atoms with van der Waals surface area (Å²) in [6.07, 6.45) is 5.00. The molecule has 0 saturated carbocycles. The van der Waals surface area contributed by atoms with Crippen LogP contribution in [0.5, 0.6) is 11.5 Å². The average Bonchev–Trinajstić information content (AvgIpc) is 3.21. The molecule has 146 valence electrons. The minimum atomic E-state index is -0.448. The largest absolute Gasteiger partial charge is 0.493 e. The maximum Gasteiger partial charge on any atom is 0.269 e. The van der Waals surface area contributed by atoms with Crippen molar-refractivity contribution in [2.24, 2.45) is 0 Å². The zero-order valence-corrected chi connectivity index (χ0v) is 15.8. The molecular weight excluding hydrogens is 360 g/mol. The second kappa shape index (κ2) is 8.56. The monoisotopic (exact) mass is 382 g/mol. The van der Waals surface area contributed by atoms with E-state index in [4.69, 9.17) is 9.47 Å². The number of hydrogen-bond donors (Lipinski definition) is 0. The molecule has 1 aliphatic rings. The second-order valence-electron chi connectivity index (χ2n) is 6.49. The van der Waals surface area contributed by atoms with Gasteiger partial charge in [-0.05, 0) is 54.3 Å². The number of methoxy groups -OCH3 is 2. The molecule has 1 atom stereocenters. The third-order valence-electron chi connectivity index (χ3n) is 4.85. The molecule has 1 amide bonds. The first kappa shape index (κ1) is 19.4. The fourth-order valence-electron chi connectivity index (χ4n) is 3.41. The van der Waals surface area contributed by atoms with Crippen LogP contribution in [-0.2, 0) is 4.79 Å². The summed E-state index contributed by atoms with van der Waals surface area (Å²) in [5.41, 5.74) is 1.77. The number of amides is 1. The third-order valence-corrected chi connectivity index (χ3v) is 4.85. The van der Waals surface area contributed by atoms with Crippen LogP contribution in [0.3, 0.4) is 0 Å². The molecule has 0 N–H and O–H groups in total. The van der Waals surface area contributed by atoms with Gasteiger partial charge in [0.15, 0.2) is 11.5 Å². The molecule has 1 aliphatic heterocycles. The summed E-state index contributed by atoms with van der Waals surface area (Å²) >= 11 is 0. The topological polar surface area (TPSA) is 81.9 Å². The normalized spacial score (nSPS) is 16.4. The predicted octanol–water partition coefficient (Wildman–Crippen LogP) is 3.99. The van der Waals surface area contributed by atoms with Crippen molar-refractivity contribution in [2.75, 3.05) is 20.8 Å². The van der Waals surface area contributed by atoms with Gasteiger partial charge in [-0.25, -0.2) is 0 Å². The first-order valence-electron chi connectivity index (χ1n) is 8.98. The Kier molecular flexibility index (Phi) is 5.93. The van der Waals surface area contributed by atoms with Gasteiger partial charge in [-0.1, -0.05) is 6.07 Å². The Morgan fingerprint density at radius 1 is 1.14 bits per heavy atom. The summed E-state index contributed by atoms with van der Waals surface area (Å²) in [5.74, 6) is 1.21. The van der Waals surface area contributed by atoms with Crippen molar-refractivity contribution in [1.29, 1.82) is 0 Å². The summed E-state index contributed by atoms with van der Waals surface area (Å²) in [4.78, 5) is 24.8. The Labute approximate surface area is 163 Å². The third kappa shape index (κ3) is 4.14. The van der Waals surface area contributed by atoms with Crippen LogP contribution >= 0.6 is 0 Å². The van der Waals surface area contributed by atoms with E-state index in [0.717, 1.165) is 24.0 Å². The van der Waals surface area contributed by atoms with Gasteiger partial charge in [-0.15, -0.1) is 0 Å². The van der Waals surface area contributed by atoms with Crippen LogP contribution in [0.2, 0.25) is 0 Å². The Morgan fingerprint density at radius 2 is 1.86 bits per heavy atom. The summed E-state index contributed by atoms with van der Waals surface area (Å²) in [6, 6.07) is 11.8. The number of hydrogen-bond acceptors (Lipinski definition) is 5. The first-order valence-corrected chi connectivity index (χ1v) is 8.98. The minimum absolute atomic E-state index is 0.0196. The van der Waals surface area contributed by atoms with Gasteiger partial charge in [0.2, 0.25) is 5.91 Å². The number of nitrogens with zero attached hydrogens (tertiary/aromatic N) is 2. The molecule has 0 bridgehead atoms. The number of benzene rings is 2. The molecule has 0 spiro atoms. The van der Waals surface area contributed by atoms with Crippen LogP contribution in [0.25, 0.3) is 6.08 Å². The molecule has 2 aromatic rings. The maximum atomic E-state index is 12.7. The van der Waals surface area contributed by atoms with Crippen molar-refractivity contribution in [3.05, 3.63) is 69.8 Å². The molecule has 1 fully saturated rings. The number of ether oxygens (including phenoxy) is 2. The molecule has 1 saturated heterocycles. The lowest BCUT2D eigenvalue weighted by Gasteiger charge is -2.24. The smallest absolute Gasteiger partial charge is 0.269 e. The second-order valence-corrected chi connectivity index (χ2v) is 6.49. The molecule has 7 nitrogen and oxygen atoms in total. The molecule has 0 aromatic heterocycles. The van der Waals surface area contributed by atoms with Gasteiger partial charge in [0.1, 0.15) is 0 Å². The highest BCUT2D eigenvalue weighted by Gasteiger charge is 2.29. The van der Waals surface area contributed by atoms with Crippen LogP contribution in [0.1, 0.15) is 30.0 Å². The van der Waals surface area contributed by atoms with Gasteiger partial charge in [0.25, 0.3) is 5.69 Å². The lowest BCUT2D eigenvalue weighted by molar-refractivity contribution is -0.384. The Balaban J connectivity index is 1.75. The van der Waals surface area contributed by atoms with Gasteiger partial charge >= 0.3 is 0 Å². The summed E-state index contributed by atoms with van der Waals surface area (Å²) in [7, 11) is 3.18. The number of nitro benzene ring substituents is 1. The van der Waals surface area contributed by atoms with E-state index < -0.39 is 4.92 Å². The maximum absolute atomic E-state index is 12.7. The summed E-state index contributed by atoms with van der Waals surface area (Å²) in [6.45, 7) is 0.683. The van der Waals surface area contributed by atoms with Crippen LogP contribution < -0.4 is 9.47 Å². The molecule has 7 heteroatoms. The number of nitro groups is 1. The summed E-state index contributed by atoms with van der Waals surface area (Å²) < 4.78 is 10.7. The number of rotatable bonds is 6. The molecular formula is C21H22N2O5. The average molecular weight is 382 g/mol. The van der Waals surface area contributed by atoms with E-state index in [-0.39, 0.29) is 17.6 Å². The van der Waals surface area contributed by atoms with Crippen molar-refractivity contribution >= 4 is 17.7 Å². The van der Waals surface area contributed by atoms with Crippen molar-refractivity contribution in [3.8, 4) is 11.5 Å². The minimum Gasteiger partial charge on any atom is -0.493 e. The predicted molar refractivity (Wildman–Crippen MR) is 105 cm³/mol. The van der Waals surface area contributed by atoms with Crippen LogP contribution in [0, 0.1) is 10.1 Å². The van der Waals surface area contributed by atoms with E-state index in [1.807, 2.05) is 23.1 Å². The van der Waals surface area contributed by atoms with Gasteiger partial charge in [0.05, 0.1) is 25.2 Å². The Bertz CT molecular complexity index is 892. The molecule has 0 aliphatic carbocycles. The molecule has 0 radical (unpaired) electrons. The zero-order valence-electron chi connectivity index (χ0n) is 15.8. The quantitative estimate of drug-likeness (QED) is 0.429. The molecule has 28 heavy (non-hydrogen) atoms. The van der Waals surface area contributed by atoms with Crippen molar-refractivity contribution < 1.29 is 19.2 Å². The molecule has 3 rings (SSSR count). The highest BCUT2D eigenvalue weighted by atomic mass is 16.6. The lowest BCUT2D eigenvalue weighted by Crippen LogP contribution is -2.28. The van der Waals surface area contributed by atoms with Crippen LogP contribution in [0.15, 0.2) is 48.5 Å². The molecule has 1 unspecified atom stereocenters. The number of carbonyl (C=O) groups excluding carboxylic acids is 1. The van der Waals surface area contributed by atoms with Gasteiger partial charge in [-0.2, -0.15) is 0 Å². The van der Waals surface area contributed by atoms with E-state index in [1.54, 1.807) is 32.4 Å². The van der Waals surface area contributed by atoms with E-state index in [2.05, 4.69) is 0 Å². The first-order chi connectivity index (χ1) is 13.5. The highest BCUT2D eigenvalue weighted by molar-refractivity contribution is 5.92. The standard InChI is InChI=1S/C21H22N2O5/c1-27-19-11-8-16(14-20(19)28-2)18-4-3-13-22(18)21(24)12-7-15-5-9-17(10-6-15)23(25)26/h5-12,14,18H,3-4,13H2,1-2H3/b12-7+. The zero-order chi connectivity index (χ0) is 20.1. The molecule has 2 aromatic carbocycles. The van der Waals surface area contributed by atoms with E-state index in [0.29, 0.717) is 18.0 Å². The van der Waals surface area contributed by atoms with Crippen molar-refractivity contribution in [1.82, 2.24) is 4.90 Å². The van der Waals surface area contributed by atoms with Gasteiger partial charge < -0.3 is 14.4 Å². The number of carbonyl (C=O) groups is 1.